The Morgan fingerprint density at radius 2 is 2.07 bits per heavy atom. The average molecular weight is 225 g/mol. The summed E-state index contributed by atoms with van der Waals surface area (Å²) >= 11 is 5.80. The van der Waals surface area contributed by atoms with Crippen molar-refractivity contribution in [1.82, 2.24) is 9.97 Å². The monoisotopic (exact) mass is 224 g/mol. The first kappa shape index (κ1) is 10.9. The van der Waals surface area contributed by atoms with Crippen molar-refractivity contribution in [1.29, 1.82) is 0 Å². The fraction of sp³-hybridized carbons (Fsp3) is 0.667. The van der Waals surface area contributed by atoms with E-state index in [-0.39, 0.29) is 0 Å². The summed E-state index contributed by atoms with van der Waals surface area (Å²) in [4.78, 5) is 8.95. The third kappa shape index (κ3) is 2.91. The molecule has 3 heteroatoms. The van der Waals surface area contributed by atoms with E-state index in [1.54, 1.807) is 0 Å². The van der Waals surface area contributed by atoms with Gasteiger partial charge in [-0.3, -0.25) is 0 Å². The highest BCUT2D eigenvalue weighted by Gasteiger charge is 2.17. The fourth-order valence-corrected chi connectivity index (χ4v) is 2.47. The highest BCUT2D eigenvalue weighted by atomic mass is 35.5. The van der Waals surface area contributed by atoms with Gasteiger partial charge in [0.05, 0.1) is 11.6 Å². The SMILES string of the molecule is Cc1cc(CCl)nc(CC2CCCC2)n1. The second-order valence-electron chi connectivity index (χ2n) is 4.41. The Kier molecular flexibility index (Phi) is 3.57. The lowest BCUT2D eigenvalue weighted by molar-refractivity contribution is 0.528. The molecule has 1 aromatic heterocycles. The van der Waals surface area contributed by atoms with Crippen molar-refractivity contribution in [3.63, 3.8) is 0 Å². The molecule has 0 radical (unpaired) electrons. The number of aryl methyl sites for hydroxylation is 1. The molecule has 0 atom stereocenters. The highest BCUT2D eigenvalue weighted by Crippen LogP contribution is 2.27. The van der Waals surface area contributed by atoms with Crippen molar-refractivity contribution in [2.75, 3.05) is 0 Å². The van der Waals surface area contributed by atoms with Crippen LogP contribution in [0.4, 0.5) is 0 Å². The topological polar surface area (TPSA) is 25.8 Å². The number of hydrogen-bond acceptors (Lipinski definition) is 2. The summed E-state index contributed by atoms with van der Waals surface area (Å²) in [5, 5.41) is 0. The van der Waals surface area contributed by atoms with Crippen LogP contribution in [0.25, 0.3) is 0 Å². The number of alkyl halides is 1. The van der Waals surface area contributed by atoms with Crippen LogP contribution < -0.4 is 0 Å². The molecule has 1 aliphatic carbocycles. The molecule has 1 saturated carbocycles. The van der Waals surface area contributed by atoms with Crippen LogP contribution in [0.15, 0.2) is 6.07 Å². The molecular weight excluding hydrogens is 208 g/mol. The predicted octanol–water partition coefficient (Wildman–Crippen LogP) is 3.26. The van der Waals surface area contributed by atoms with E-state index in [1.807, 2.05) is 13.0 Å². The number of aromatic nitrogens is 2. The Morgan fingerprint density at radius 3 is 2.73 bits per heavy atom. The van der Waals surface area contributed by atoms with Crippen LogP contribution in [0.3, 0.4) is 0 Å². The van der Waals surface area contributed by atoms with Gasteiger partial charge < -0.3 is 0 Å². The summed E-state index contributed by atoms with van der Waals surface area (Å²) in [5.74, 6) is 2.27. The van der Waals surface area contributed by atoms with Gasteiger partial charge in [0.25, 0.3) is 0 Å². The molecule has 0 N–H and O–H groups in total. The van der Waals surface area contributed by atoms with Crippen LogP contribution in [0.2, 0.25) is 0 Å². The second-order valence-corrected chi connectivity index (χ2v) is 4.67. The normalized spacial score (nSPS) is 17.2. The van der Waals surface area contributed by atoms with E-state index in [0.29, 0.717) is 5.88 Å². The quantitative estimate of drug-likeness (QED) is 0.737. The largest absolute Gasteiger partial charge is 0.238 e. The van der Waals surface area contributed by atoms with Crippen molar-refractivity contribution in [2.24, 2.45) is 5.92 Å². The minimum atomic E-state index is 0.487. The molecule has 0 aliphatic heterocycles. The van der Waals surface area contributed by atoms with Crippen LogP contribution >= 0.6 is 11.6 Å². The number of rotatable bonds is 3. The van der Waals surface area contributed by atoms with Gasteiger partial charge in [0.1, 0.15) is 5.82 Å². The molecule has 2 nitrogen and oxygen atoms in total. The van der Waals surface area contributed by atoms with Gasteiger partial charge >= 0.3 is 0 Å². The lowest BCUT2D eigenvalue weighted by Gasteiger charge is -2.08. The molecule has 1 aromatic rings. The Balaban J connectivity index is 2.09. The number of hydrogen-bond donors (Lipinski definition) is 0. The molecule has 2 rings (SSSR count). The zero-order chi connectivity index (χ0) is 10.7. The van der Waals surface area contributed by atoms with Gasteiger partial charge in [0, 0.05) is 12.1 Å². The third-order valence-electron chi connectivity index (χ3n) is 3.04. The van der Waals surface area contributed by atoms with Crippen molar-refractivity contribution in [3.8, 4) is 0 Å². The molecule has 1 fully saturated rings. The second kappa shape index (κ2) is 4.93. The van der Waals surface area contributed by atoms with Gasteiger partial charge in [0.2, 0.25) is 0 Å². The number of nitrogens with zero attached hydrogens (tertiary/aromatic N) is 2. The van der Waals surface area contributed by atoms with E-state index >= 15 is 0 Å². The molecular formula is C12H17ClN2. The van der Waals surface area contributed by atoms with Gasteiger partial charge in [-0.25, -0.2) is 9.97 Å². The van der Waals surface area contributed by atoms with E-state index in [0.717, 1.165) is 29.6 Å². The standard InChI is InChI=1S/C12H17ClN2/c1-9-6-11(8-13)15-12(14-9)7-10-4-2-3-5-10/h6,10H,2-5,7-8H2,1H3. The Hall–Kier alpha value is -0.630. The molecule has 1 aliphatic rings. The Labute approximate surface area is 96.1 Å². The van der Waals surface area contributed by atoms with Gasteiger partial charge in [-0.1, -0.05) is 25.7 Å². The van der Waals surface area contributed by atoms with Crippen molar-refractivity contribution >= 4 is 11.6 Å². The molecule has 0 aromatic carbocycles. The summed E-state index contributed by atoms with van der Waals surface area (Å²) < 4.78 is 0. The predicted molar refractivity (Wildman–Crippen MR) is 62.0 cm³/mol. The van der Waals surface area contributed by atoms with Gasteiger partial charge in [0.15, 0.2) is 0 Å². The minimum absolute atomic E-state index is 0.487. The van der Waals surface area contributed by atoms with Crippen LogP contribution in [0.1, 0.15) is 42.9 Å². The van der Waals surface area contributed by atoms with Crippen LogP contribution in [0.5, 0.6) is 0 Å². The van der Waals surface area contributed by atoms with Gasteiger partial charge in [-0.15, -0.1) is 11.6 Å². The molecule has 0 unspecified atom stereocenters. The molecule has 0 saturated heterocycles. The highest BCUT2D eigenvalue weighted by molar-refractivity contribution is 6.16. The summed E-state index contributed by atoms with van der Waals surface area (Å²) in [6.45, 7) is 2.01. The van der Waals surface area contributed by atoms with E-state index < -0.39 is 0 Å². The fourth-order valence-electron chi connectivity index (χ4n) is 2.33. The number of halogens is 1. The summed E-state index contributed by atoms with van der Waals surface area (Å²) in [6, 6.07) is 1.96. The molecule has 82 valence electrons. The third-order valence-corrected chi connectivity index (χ3v) is 3.31. The Morgan fingerprint density at radius 1 is 1.33 bits per heavy atom. The smallest absolute Gasteiger partial charge is 0.129 e. The molecule has 0 bridgehead atoms. The van der Waals surface area contributed by atoms with Crippen molar-refractivity contribution in [2.45, 2.75) is 44.9 Å². The summed E-state index contributed by atoms with van der Waals surface area (Å²) in [5.41, 5.74) is 1.99. The van der Waals surface area contributed by atoms with Crippen LogP contribution in [-0.4, -0.2) is 9.97 Å². The lowest BCUT2D eigenvalue weighted by Crippen LogP contribution is -2.06. The van der Waals surface area contributed by atoms with E-state index in [2.05, 4.69) is 9.97 Å². The first-order valence-electron chi connectivity index (χ1n) is 5.67. The average Bonchev–Trinajstić information content (AvgIpc) is 2.69. The molecule has 0 amide bonds. The first-order valence-corrected chi connectivity index (χ1v) is 6.21. The van der Waals surface area contributed by atoms with Gasteiger partial charge in [-0.2, -0.15) is 0 Å². The maximum atomic E-state index is 5.80. The molecule has 15 heavy (non-hydrogen) atoms. The zero-order valence-corrected chi connectivity index (χ0v) is 9.93. The van der Waals surface area contributed by atoms with Crippen LogP contribution in [-0.2, 0) is 12.3 Å². The summed E-state index contributed by atoms with van der Waals surface area (Å²) in [7, 11) is 0. The lowest BCUT2D eigenvalue weighted by atomic mass is 10.0. The minimum Gasteiger partial charge on any atom is -0.238 e. The van der Waals surface area contributed by atoms with E-state index in [1.165, 1.54) is 25.7 Å². The van der Waals surface area contributed by atoms with Gasteiger partial charge in [-0.05, 0) is 18.9 Å². The van der Waals surface area contributed by atoms with Crippen molar-refractivity contribution < 1.29 is 0 Å². The zero-order valence-electron chi connectivity index (χ0n) is 9.17. The Bertz CT molecular complexity index is 332. The maximum Gasteiger partial charge on any atom is 0.129 e. The van der Waals surface area contributed by atoms with Crippen molar-refractivity contribution in [3.05, 3.63) is 23.3 Å². The van der Waals surface area contributed by atoms with E-state index in [9.17, 15) is 0 Å². The molecule has 1 heterocycles. The molecule has 0 spiro atoms. The van der Waals surface area contributed by atoms with Crippen LogP contribution in [0, 0.1) is 12.8 Å². The maximum absolute atomic E-state index is 5.80. The first-order chi connectivity index (χ1) is 7.28. The van der Waals surface area contributed by atoms with E-state index in [4.69, 9.17) is 11.6 Å². The summed E-state index contributed by atoms with van der Waals surface area (Å²) in [6.07, 6.45) is 6.46.